The van der Waals surface area contributed by atoms with E-state index in [1.165, 1.54) is 28.6 Å². The molecule has 158 valence electrons. The molecule has 3 rings (SSSR count). The molecule has 29 heavy (non-hydrogen) atoms. The van der Waals surface area contributed by atoms with Gasteiger partial charge in [-0.15, -0.1) is 0 Å². The minimum absolute atomic E-state index is 0.0197. The molecular formula is C19H26N4O5S. The molecule has 2 saturated heterocycles. The van der Waals surface area contributed by atoms with Gasteiger partial charge in [-0.05, 0) is 30.3 Å². The van der Waals surface area contributed by atoms with E-state index < -0.39 is 10.0 Å². The second-order valence-electron chi connectivity index (χ2n) is 6.89. The minimum Gasteiger partial charge on any atom is -0.379 e. The maximum Gasteiger partial charge on any atom is 0.247 e. The van der Waals surface area contributed by atoms with Gasteiger partial charge >= 0.3 is 0 Å². The molecule has 2 heterocycles. The van der Waals surface area contributed by atoms with Crippen molar-refractivity contribution < 1.29 is 22.7 Å². The number of amides is 2. The Hall–Kier alpha value is -2.27. The molecule has 1 aromatic rings. The summed E-state index contributed by atoms with van der Waals surface area (Å²) in [7, 11) is -3.65. The van der Waals surface area contributed by atoms with Gasteiger partial charge in [0, 0.05) is 45.0 Å². The third kappa shape index (κ3) is 5.41. The molecule has 0 atom stereocenters. The second kappa shape index (κ2) is 9.49. The molecule has 2 amide bonds. The van der Waals surface area contributed by atoms with Crippen LogP contribution in [0.2, 0.25) is 0 Å². The highest BCUT2D eigenvalue weighted by Crippen LogP contribution is 2.20. The first-order chi connectivity index (χ1) is 13.9. The summed E-state index contributed by atoms with van der Waals surface area (Å²) < 4.78 is 32.4. The molecule has 0 unspecified atom stereocenters. The fourth-order valence-electron chi connectivity index (χ4n) is 3.28. The smallest absolute Gasteiger partial charge is 0.247 e. The minimum atomic E-state index is -3.65. The van der Waals surface area contributed by atoms with Crippen LogP contribution >= 0.6 is 0 Å². The Labute approximate surface area is 171 Å². The lowest BCUT2D eigenvalue weighted by molar-refractivity contribution is -0.134. The molecule has 0 bridgehead atoms. The standard InChI is InChI=1S/C19H26N4O5S/c1-2-18(24)20-16-3-5-17(6-4-16)29(26,27)23-9-7-22(8-10-23)19(25)15-21-11-13-28-14-12-21/h2-6H,1,7-15H2,(H,20,24). The number of sulfonamides is 1. The number of ether oxygens (including phenoxy) is 1. The number of carbonyl (C=O) groups is 2. The normalized spacial score (nSPS) is 19.0. The number of benzene rings is 1. The van der Waals surface area contributed by atoms with Gasteiger partial charge in [0.05, 0.1) is 24.7 Å². The zero-order chi connectivity index (χ0) is 20.9. The van der Waals surface area contributed by atoms with E-state index in [2.05, 4.69) is 16.8 Å². The number of rotatable bonds is 6. The molecule has 2 aliphatic rings. The van der Waals surface area contributed by atoms with E-state index in [-0.39, 0.29) is 29.8 Å². The number of nitrogens with one attached hydrogen (secondary N) is 1. The van der Waals surface area contributed by atoms with Crippen LogP contribution in [0.5, 0.6) is 0 Å². The average Bonchev–Trinajstić information content (AvgIpc) is 2.75. The van der Waals surface area contributed by atoms with Crippen LogP contribution < -0.4 is 5.32 Å². The van der Waals surface area contributed by atoms with Crippen LogP contribution in [0, 0.1) is 0 Å². The second-order valence-corrected chi connectivity index (χ2v) is 8.83. The lowest BCUT2D eigenvalue weighted by atomic mass is 10.3. The summed E-state index contributed by atoms with van der Waals surface area (Å²) in [5, 5.41) is 2.58. The van der Waals surface area contributed by atoms with Gasteiger partial charge in [-0.2, -0.15) is 4.31 Å². The summed E-state index contributed by atoms with van der Waals surface area (Å²) >= 11 is 0. The van der Waals surface area contributed by atoms with Crippen LogP contribution in [-0.4, -0.2) is 93.4 Å². The fraction of sp³-hybridized carbons (Fsp3) is 0.474. The van der Waals surface area contributed by atoms with Crippen LogP contribution in [0.15, 0.2) is 41.8 Å². The summed E-state index contributed by atoms with van der Waals surface area (Å²) in [5.41, 5.74) is 0.493. The maximum absolute atomic E-state index is 12.9. The van der Waals surface area contributed by atoms with Gasteiger partial charge in [-0.25, -0.2) is 8.42 Å². The van der Waals surface area contributed by atoms with Crippen molar-refractivity contribution in [2.45, 2.75) is 4.90 Å². The predicted molar refractivity (Wildman–Crippen MR) is 108 cm³/mol. The van der Waals surface area contributed by atoms with Crippen LogP contribution in [0.3, 0.4) is 0 Å². The molecule has 0 saturated carbocycles. The molecule has 0 aromatic heterocycles. The summed E-state index contributed by atoms with van der Waals surface area (Å²) in [6, 6.07) is 6.00. The van der Waals surface area contributed by atoms with Crippen molar-refractivity contribution in [3.8, 4) is 0 Å². The largest absolute Gasteiger partial charge is 0.379 e. The summed E-state index contributed by atoms with van der Waals surface area (Å²) in [4.78, 5) is 27.7. The number of anilines is 1. The van der Waals surface area contributed by atoms with Crippen molar-refractivity contribution in [2.75, 3.05) is 64.3 Å². The Balaban J connectivity index is 1.55. The first kappa shape index (κ1) is 21.4. The number of carbonyl (C=O) groups excluding carboxylic acids is 2. The first-order valence-corrected chi connectivity index (χ1v) is 11.0. The van der Waals surface area contributed by atoms with Gasteiger partial charge in [0.15, 0.2) is 0 Å². The molecule has 0 aliphatic carbocycles. The first-order valence-electron chi connectivity index (χ1n) is 9.51. The maximum atomic E-state index is 12.9. The third-order valence-corrected chi connectivity index (χ3v) is 6.91. The van der Waals surface area contributed by atoms with Crippen LogP contribution in [-0.2, 0) is 24.3 Å². The summed E-state index contributed by atoms with van der Waals surface area (Å²) in [6.07, 6.45) is 1.14. The van der Waals surface area contributed by atoms with Gasteiger partial charge in [-0.3, -0.25) is 14.5 Å². The number of piperazine rings is 1. The van der Waals surface area contributed by atoms with E-state index in [0.717, 1.165) is 19.2 Å². The molecule has 1 N–H and O–H groups in total. The molecule has 1 aromatic carbocycles. The third-order valence-electron chi connectivity index (χ3n) is 5.00. The van der Waals surface area contributed by atoms with E-state index in [9.17, 15) is 18.0 Å². The van der Waals surface area contributed by atoms with Crippen LogP contribution in [0.4, 0.5) is 5.69 Å². The van der Waals surface area contributed by atoms with E-state index in [0.29, 0.717) is 38.5 Å². The number of hydrogen-bond donors (Lipinski definition) is 1. The van der Waals surface area contributed by atoms with Crippen molar-refractivity contribution in [2.24, 2.45) is 0 Å². The van der Waals surface area contributed by atoms with Gasteiger partial charge in [0.1, 0.15) is 0 Å². The van der Waals surface area contributed by atoms with E-state index in [4.69, 9.17) is 4.74 Å². The zero-order valence-corrected chi connectivity index (χ0v) is 17.1. The predicted octanol–water partition coefficient (Wildman–Crippen LogP) is -0.0238. The lowest BCUT2D eigenvalue weighted by Crippen LogP contribution is -2.53. The van der Waals surface area contributed by atoms with E-state index in [1.54, 1.807) is 4.90 Å². The molecule has 2 aliphatic heterocycles. The Morgan fingerprint density at radius 3 is 2.24 bits per heavy atom. The Morgan fingerprint density at radius 1 is 1.03 bits per heavy atom. The van der Waals surface area contributed by atoms with Crippen molar-refractivity contribution in [1.82, 2.24) is 14.1 Å². The fourth-order valence-corrected chi connectivity index (χ4v) is 4.70. The summed E-state index contributed by atoms with van der Waals surface area (Å²) in [6.45, 7) is 7.72. The Bertz CT molecular complexity index is 842. The molecule has 0 radical (unpaired) electrons. The monoisotopic (exact) mass is 422 g/mol. The topological polar surface area (TPSA) is 99.3 Å². The highest BCUT2D eigenvalue weighted by atomic mass is 32.2. The van der Waals surface area contributed by atoms with Gasteiger partial charge in [0.2, 0.25) is 21.8 Å². The molecule has 2 fully saturated rings. The SMILES string of the molecule is C=CC(=O)Nc1ccc(S(=O)(=O)N2CCN(C(=O)CN3CCOCC3)CC2)cc1. The molecule has 9 nitrogen and oxygen atoms in total. The van der Waals surface area contributed by atoms with E-state index in [1.807, 2.05) is 0 Å². The lowest BCUT2D eigenvalue weighted by Gasteiger charge is -2.35. The molecule has 0 spiro atoms. The highest BCUT2D eigenvalue weighted by Gasteiger charge is 2.30. The van der Waals surface area contributed by atoms with Crippen molar-refractivity contribution in [3.05, 3.63) is 36.9 Å². The number of morpholine rings is 1. The van der Waals surface area contributed by atoms with Gasteiger partial charge < -0.3 is 15.0 Å². The highest BCUT2D eigenvalue weighted by molar-refractivity contribution is 7.89. The zero-order valence-electron chi connectivity index (χ0n) is 16.2. The number of hydrogen-bond acceptors (Lipinski definition) is 6. The van der Waals surface area contributed by atoms with Crippen LogP contribution in [0.1, 0.15) is 0 Å². The summed E-state index contributed by atoms with van der Waals surface area (Å²) in [5.74, 6) is -0.343. The Morgan fingerprint density at radius 2 is 1.66 bits per heavy atom. The van der Waals surface area contributed by atoms with E-state index >= 15 is 0 Å². The van der Waals surface area contributed by atoms with Crippen molar-refractivity contribution >= 4 is 27.5 Å². The number of nitrogens with zero attached hydrogens (tertiary/aromatic N) is 3. The van der Waals surface area contributed by atoms with Crippen LogP contribution in [0.25, 0.3) is 0 Å². The molecule has 10 heteroatoms. The van der Waals surface area contributed by atoms with Gasteiger partial charge in [0.25, 0.3) is 0 Å². The molecular weight excluding hydrogens is 396 g/mol. The quantitative estimate of drug-likeness (QED) is 0.647. The average molecular weight is 423 g/mol. The Kier molecular flexibility index (Phi) is 7.01. The van der Waals surface area contributed by atoms with Gasteiger partial charge in [-0.1, -0.05) is 6.58 Å². The van der Waals surface area contributed by atoms with Crippen molar-refractivity contribution in [1.29, 1.82) is 0 Å². The van der Waals surface area contributed by atoms with Crippen molar-refractivity contribution in [3.63, 3.8) is 0 Å².